The zero-order valence-electron chi connectivity index (χ0n) is 29.2. The van der Waals surface area contributed by atoms with Gasteiger partial charge in [0.05, 0.1) is 11.4 Å². The van der Waals surface area contributed by atoms with Gasteiger partial charge in [0.1, 0.15) is 0 Å². The predicted molar refractivity (Wildman–Crippen MR) is 225 cm³/mol. The van der Waals surface area contributed by atoms with Crippen LogP contribution in [0.25, 0.3) is 93.9 Å². The summed E-state index contributed by atoms with van der Waals surface area (Å²) in [6.45, 7) is 0. The summed E-state index contributed by atoms with van der Waals surface area (Å²) in [4.78, 5) is 0. The Balaban J connectivity index is 1.28. The molecule has 0 radical (unpaired) electrons. The molecule has 0 amide bonds. The summed E-state index contributed by atoms with van der Waals surface area (Å²) >= 11 is 0. The second-order valence-corrected chi connectivity index (χ2v) is 13.7. The average Bonchev–Trinajstić information content (AvgIpc) is 3.69. The van der Waals surface area contributed by atoms with Crippen molar-refractivity contribution in [1.82, 2.24) is 4.57 Å². The van der Waals surface area contributed by atoms with Gasteiger partial charge in [0.15, 0.2) is 0 Å². The van der Waals surface area contributed by atoms with Crippen LogP contribution in [-0.4, -0.2) is 4.57 Å². The Morgan fingerprint density at radius 2 is 0.698 bits per heavy atom. The maximum atomic E-state index is 2.43. The van der Waals surface area contributed by atoms with E-state index in [0.29, 0.717) is 0 Å². The summed E-state index contributed by atoms with van der Waals surface area (Å²) in [5.41, 5.74) is 13.2. The highest BCUT2D eigenvalue weighted by atomic mass is 15.0. The van der Waals surface area contributed by atoms with Crippen LogP contribution >= 0.6 is 0 Å². The van der Waals surface area contributed by atoms with Gasteiger partial charge in [-0.15, -0.1) is 0 Å². The molecule has 53 heavy (non-hydrogen) atoms. The fourth-order valence-corrected chi connectivity index (χ4v) is 8.12. The van der Waals surface area contributed by atoms with Crippen LogP contribution in [0.15, 0.2) is 212 Å². The molecule has 0 aliphatic heterocycles. The fraction of sp³-hybridized carbons (Fsp3) is 0. The Bertz CT molecular complexity index is 2840. The van der Waals surface area contributed by atoms with Crippen LogP contribution in [0.4, 0.5) is 0 Å². The quantitative estimate of drug-likeness (QED) is 0.155. The highest BCUT2D eigenvalue weighted by Gasteiger charge is 2.20. The van der Waals surface area contributed by atoms with E-state index in [0.717, 1.165) is 17.1 Å². The SMILES string of the molecule is c1ccc(-c2ccc(-c3c4ccccc4c(-c4ccc5ccccc5c4)c4ccc(-n5c(-c6ccccc6)ccc5-c5ccccc5)cc34)cc2)cc1. The van der Waals surface area contributed by atoms with Crippen LogP contribution in [0.1, 0.15) is 0 Å². The summed E-state index contributed by atoms with van der Waals surface area (Å²) in [6.07, 6.45) is 0. The number of aromatic nitrogens is 1. The van der Waals surface area contributed by atoms with Gasteiger partial charge in [0.25, 0.3) is 0 Å². The molecule has 1 heterocycles. The van der Waals surface area contributed by atoms with Gasteiger partial charge in [-0.1, -0.05) is 182 Å². The molecule has 1 aromatic heterocycles. The molecule has 0 aliphatic rings. The highest BCUT2D eigenvalue weighted by Crippen LogP contribution is 2.46. The molecule has 0 N–H and O–H groups in total. The summed E-state index contributed by atoms with van der Waals surface area (Å²) in [5, 5.41) is 7.44. The van der Waals surface area contributed by atoms with Crippen LogP contribution in [0.3, 0.4) is 0 Å². The molecule has 248 valence electrons. The third-order valence-electron chi connectivity index (χ3n) is 10.6. The van der Waals surface area contributed by atoms with Crippen LogP contribution in [-0.2, 0) is 0 Å². The lowest BCUT2D eigenvalue weighted by Crippen LogP contribution is -2.00. The standard InChI is InChI=1S/C52H35N/c1-4-14-36(15-5-1)38-24-27-41(28-25-38)51-45-22-12-13-23-46(45)52(43-29-26-37-16-10-11-21-42(37)34-43)47-31-30-44(35-48(47)51)53-49(39-17-6-2-7-18-39)32-33-50(53)40-19-8-3-9-20-40/h1-35H. The van der Waals surface area contributed by atoms with Gasteiger partial charge in [0, 0.05) is 5.69 Å². The Kier molecular flexibility index (Phi) is 7.55. The second-order valence-electron chi connectivity index (χ2n) is 13.7. The van der Waals surface area contributed by atoms with Crippen molar-refractivity contribution in [2.24, 2.45) is 0 Å². The number of rotatable bonds is 6. The maximum absolute atomic E-state index is 2.43. The molecular weight excluding hydrogens is 639 g/mol. The maximum Gasteiger partial charge on any atom is 0.0535 e. The topological polar surface area (TPSA) is 4.93 Å². The smallest absolute Gasteiger partial charge is 0.0535 e. The Labute approximate surface area is 309 Å². The Morgan fingerprint density at radius 1 is 0.245 bits per heavy atom. The molecule has 9 aromatic carbocycles. The molecule has 0 saturated carbocycles. The molecule has 0 aliphatic carbocycles. The summed E-state index contributed by atoms with van der Waals surface area (Å²) in [5.74, 6) is 0. The summed E-state index contributed by atoms with van der Waals surface area (Å²) in [6, 6.07) is 77.3. The van der Waals surface area contributed by atoms with Crippen molar-refractivity contribution in [3.05, 3.63) is 212 Å². The molecular formula is C52H35N. The molecule has 0 unspecified atom stereocenters. The van der Waals surface area contributed by atoms with E-state index in [4.69, 9.17) is 0 Å². The van der Waals surface area contributed by atoms with E-state index in [1.165, 1.54) is 76.8 Å². The van der Waals surface area contributed by atoms with E-state index in [-0.39, 0.29) is 0 Å². The van der Waals surface area contributed by atoms with Gasteiger partial charge in [-0.05, 0) is 107 Å². The minimum absolute atomic E-state index is 1.13. The molecule has 1 heteroatoms. The Hall–Kier alpha value is -6.96. The van der Waals surface area contributed by atoms with E-state index < -0.39 is 0 Å². The third-order valence-corrected chi connectivity index (χ3v) is 10.6. The molecule has 10 aromatic rings. The van der Waals surface area contributed by atoms with E-state index in [1.807, 2.05) is 0 Å². The molecule has 0 bridgehead atoms. The van der Waals surface area contributed by atoms with E-state index in [1.54, 1.807) is 0 Å². The van der Waals surface area contributed by atoms with Gasteiger partial charge in [0.2, 0.25) is 0 Å². The van der Waals surface area contributed by atoms with Crippen molar-refractivity contribution < 1.29 is 0 Å². The van der Waals surface area contributed by atoms with Crippen LogP contribution in [0, 0.1) is 0 Å². The zero-order chi connectivity index (χ0) is 35.1. The molecule has 0 fully saturated rings. The normalized spacial score (nSPS) is 11.4. The van der Waals surface area contributed by atoms with Crippen LogP contribution < -0.4 is 0 Å². The van der Waals surface area contributed by atoms with Gasteiger partial charge < -0.3 is 4.57 Å². The van der Waals surface area contributed by atoms with E-state index in [9.17, 15) is 0 Å². The minimum atomic E-state index is 1.13. The lowest BCUT2D eigenvalue weighted by molar-refractivity contribution is 1.10. The average molecular weight is 674 g/mol. The number of fused-ring (bicyclic) bond motifs is 3. The number of benzene rings is 9. The summed E-state index contributed by atoms with van der Waals surface area (Å²) < 4.78 is 2.43. The molecule has 0 saturated heterocycles. The van der Waals surface area contributed by atoms with E-state index >= 15 is 0 Å². The first-order valence-corrected chi connectivity index (χ1v) is 18.3. The van der Waals surface area contributed by atoms with Crippen molar-refractivity contribution in [1.29, 1.82) is 0 Å². The zero-order valence-corrected chi connectivity index (χ0v) is 29.2. The van der Waals surface area contributed by atoms with Crippen molar-refractivity contribution >= 4 is 32.3 Å². The first kappa shape index (κ1) is 30.8. The van der Waals surface area contributed by atoms with Crippen molar-refractivity contribution in [2.75, 3.05) is 0 Å². The lowest BCUT2D eigenvalue weighted by atomic mass is 9.85. The van der Waals surface area contributed by atoms with Crippen LogP contribution in [0.2, 0.25) is 0 Å². The first-order chi connectivity index (χ1) is 26.3. The summed E-state index contributed by atoms with van der Waals surface area (Å²) in [7, 11) is 0. The van der Waals surface area contributed by atoms with Gasteiger partial charge in [-0.3, -0.25) is 0 Å². The van der Waals surface area contributed by atoms with Crippen molar-refractivity contribution in [2.45, 2.75) is 0 Å². The minimum Gasteiger partial charge on any atom is -0.309 e. The van der Waals surface area contributed by atoms with Crippen LogP contribution in [0.5, 0.6) is 0 Å². The number of hydrogen-bond donors (Lipinski definition) is 0. The molecule has 1 nitrogen and oxygen atoms in total. The molecule has 0 atom stereocenters. The van der Waals surface area contributed by atoms with E-state index in [2.05, 4.69) is 217 Å². The predicted octanol–water partition coefficient (Wildman–Crippen LogP) is 14.3. The van der Waals surface area contributed by atoms with Gasteiger partial charge >= 0.3 is 0 Å². The largest absolute Gasteiger partial charge is 0.309 e. The third kappa shape index (κ3) is 5.42. The monoisotopic (exact) mass is 673 g/mol. The Morgan fingerprint density at radius 3 is 1.32 bits per heavy atom. The van der Waals surface area contributed by atoms with Gasteiger partial charge in [-0.25, -0.2) is 0 Å². The van der Waals surface area contributed by atoms with Crippen molar-refractivity contribution in [3.63, 3.8) is 0 Å². The molecule has 0 spiro atoms. The highest BCUT2D eigenvalue weighted by molar-refractivity contribution is 6.22. The van der Waals surface area contributed by atoms with Crippen molar-refractivity contribution in [3.8, 4) is 61.6 Å². The van der Waals surface area contributed by atoms with Gasteiger partial charge in [-0.2, -0.15) is 0 Å². The number of hydrogen-bond acceptors (Lipinski definition) is 0. The number of nitrogens with zero attached hydrogens (tertiary/aromatic N) is 1. The lowest BCUT2D eigenvalue weighted by Gasteiger charge is -2.21. The first-order valence-electron chi connectivity index (χ1n) is 18.3. The fourth-order valence-electron chi connectivity index (χ4n) is 8.12. The molecule has 10 rings (SSSR count). The second kappa shape index (κ2) is 13.0.